The molecule has 0 unspecified atom stereocenters. The Morgan fingerprint density at radius 3 is 2.45 bits per heavy atom. The van der Waals surface area contributed by atoms with Gasteiger partial charge in [0.2, 0.25) is 5.82 Å². The number of nitro benzene ring substituents is 1. The number of carbonyl (C=O) groups is 1. The van der Waals surface area contributed by atoms with Gasteiger partial charge in [-0.2, -0.15) is 4.39 Å². The van der Waals surface area contributed by atoms with Crippen LogP contribution in [-0.2, 0) is 0 Å². The predicted octanol–water partition coefficient (Wildman–Crippen LogP) is 3.04. The molecule has 0 aliphatic heterocycles. The molecular weight excluding hydrogens is 270 g/mol. The van der Waals surface area contributed by atoms with E-state index in [0.29, 0.717) is 12.1 Å². The van der Waals surface area contributed by atoms with Crippen LogP contribution in [0.2, 0.25) is 0 Å². The second-order valence-corrected chi connectivity index (χ2v) is 4.41. The highest BCUT2D eigenvalue weighted by Gasteiger charge is 2.26. The van der Waals surface area contributed by atoms with Gasteiger partial charge in [-0.25, -0.2) is 4.39 Å². The number of nitrogens with zero attached hydrogens (tertiary/aromatic N) is 1. The standard InChI is InChI=1S/C13H16F2N2O3/c1-3-8(4-2)7-16-13(18)11-9(14)5-6-10(12(11)15)17(19)20/h5-6,8H,3-4,7H2,1-2H3,(H,16,18). The van der Waals surface area contributed by atoms with E-state index in [-0.39, 0.29) is 12.5 Å². The van der Waals surface area contributed by atoms with E-state index in [9.17, 15) is 23.7 Å². The number of benzene rings is 1. The van der Waals surface area contributed by atoms with Gasteiger partial charge in [-0.1, -0.05) is 26.7 Å². The molecule has 0 fully saturated rings. The minimum absolute atomic E-state index is 0.198. The molecule has 0 radical (unpaired) electrons. The first-order valence-electron chi connectivity index (χ1n) is 6.32. The van der Waals surface area contributed by atoms with Gasteiger partial charge in [0.1, 0.15) is 11.4 Å². The van der Waals surface area contributed by atoms with E-state index < -0.39 is 33.7 Å². The molecule has 1 N–H and O–H groups in total. The predicted molar refractivity (Wildman–Crippen MR) is 69.4 cm³/mol. The zero-order valence-electron chi connectivity index (χ0n) is 11.3. The van der Waals surface area contributed by atoms with Crippen LogP contribution in [0.15, 0.2) is 12.1 Å². The van der Waals surface area contributed by atoms with Crippen LogP contribution in [0.5, 0.6) is 0 Å². The Kier molecular flexibility index (Phi) is 5.54. The maximum atomic E-state index is 13.8. The molecular formula is C13H16F2N2O3. The Labute approximate surface area is 115 Å². The Balaban J connectivity index is 2.98. The number of carbonyl (C=O) groups excluding carboxylic acids is 1. The van der Waals surface area contributed by atoms with Crippen molar-refractivity contribution in [3.05, 3.63) is 39.4 Å². The summed E-state index contributed by atoms with van der Waals surface area (Å²) >= 11 is 0. The maximum absolute atomic E-state index is 13.8. The molecule has 110 valence electrons. The molecule has 1 aromatic carbocycles. The zero-order chi connectivity index (χ0) is 15.3. The third-order valence-corrected chi connectivity index (χ3v) is 3.20. The second-order valence-electron chi connectivity index (χ2n) is 4.41. The summed E-state index contributed by atoms with van der Waals surface area (Å²) in [7, 11) is 0. The average molecular weight is 286 g/mol. The molecule has 1 rings (SSSR count). The molecule has 0 saturated heterocycles. The molecule has 0 aliphatic rings. The Bertz CT molecular complexity index is 517. The third kappa shape index (κ3) is 3.49. The quantitative estimate of drug-likeness (QED) is 0.645. The van der Waals surface area contributed by atoms with E-state index in [1.807, 2.05) is 13.8 Å². The molecule has 1 aromatic rings. The fourth-order valence-corrected chi connectivity index (χ4v) is 1.79. The molecule has 0 aromatic heterocycles. The Morgan fingerprint density at radius 2 is 1.95 bits per heavy atom. The van der Waals surface area contributed by atoms with Crippen LogP contribution < -0.4 is 5.32 Å². The highest BCUT2D eigenvalue weighted by molar-refractivity contribution is 5.95. The number of nitrogens with one attached hydrogen (secondary N) is 1. The first kappa shape index (κ1) is 16.0. The molecule has 0 saturated carbocycles. The van der Waals surface area contributed by atoms with E-state index >= 15 is 0 Å². The van der Waals surface area contributed by atoms with Gasteiger partial charge in [-0.15, -0.1) is 0 Å². The van der Waals surface area contributed by atoms with Gasteiger partial charge in [0.25, 0.3) is 5.91 Å². The molecule has 0 atom stereocenters. The summed E-state index contributed by atoms with van der Waals surface area (Å²) in [5.41, 5.74) is -1.83. The van der Waals surface area contributed by atoms with Crippen molar-refractivity contribution < 1.29 is 18.5 Å². The molecule has 7 heteroatoms. The molecule has 1 amide bonds. The summed E-state index contributed by atoms with van der Waals surface area (Å²) < 4.78 is 27.3. The van der Waals surface area contributed by atoms with Crippen molar-refractivity contribution in [3.63, 3.8) is 0 Å². The summed E-state index contributed by atoms with van der Waals surface area (Å²) in [6.07, 6.45) is 1.63. The van der Waals surface area contributed by atoms with Crippen molar-refractivity contribution in [3.8, 4) is 0 Å². The normalized spacial score (nSPS) is 10.7. The van der Waals surface area contributed by atoms with Gasteiger partial charge in [0.15, 0.2) is 0 Å². The molecule has 0 aliphatic carbocycles. The lowest BCUT2D eigenvalue weighted by molar-refractivity contribution is -0.387. The van der Waals surface area contributed by atoms with Crippen LogP contribution >= 0.6 is 0 Å². The van der Waals surface area contributed by atoms with Crippen molar-refractivity contribution in [1.29, 1.82) is 0 Å². The van der Waals surface area contributed by atoms with Crippen LogP contribution in [0.1, 0.15) is 37.0 Å². The molecule has 0 bridgehead atoms. The van der Waals surface area contributed by atoms with Gasteiger partial charge in [-0.3, -0.25) is 14.9 Å². The van der Waals surface area contributed by atoms with Gasteiger partial charge >= 0.3 is 5.69 Å². The fraction of sp³-hybridized carbons (Fsp3) is 0.462. The SMILES string of the molecule is CCC(CC)CNC(=O)c1c(F)ccc([N+](=O)[O-])c1F. The lowest BCUT2D eigenvalue weighted by Crippen LogP contribution is -2.30. The first-order chi connectivity index (χ1) is 9.42. The number of hydrogen-bond acceptors (Lipinski definition) is 3. The third-order valence-electron chi connectivity index (χ3n) is 3.20. The van der Waals surface area contributed by atoms with Crippen molar-refractivity contribution in [2.45, 2.75) is 26.7 Å². The summed E-state index contributed by atoms with van der Waals surface area (Å²) in [5, 5.41) is 13.0. The number of nitro groups is 1. The minimum Gasteiger partial charge on any atom is -0.352 e. The van der Waals surface area contributed by atoms with Gasteiger partial charge in [0.05, 0.1) is 4.92 Å². The maximum Gasteiger partial charge on any atom is 0.305 e. The van der Waals surface area contributed by atoms with E-state index in [1.165, 1.54) is 0 Å². The van der Waals surface area contributed by atoms with Crippen LogP contribution in [0, 0.1) is 27.7 Å². The van der Waals surface area contributed by atoms with Gasteiger partial charge in [-0.05, 0) is 12.0 Å². The average Bonchev–Trinajstić information content (AvgIpc) is 2.39. The summed E-state index contributed by atoms with van der Waals surface area (Å²) in [4.78, 5) is 21.4. The van der Waals surface area contributed by atoms with Gasteiger partial charge < -0.3 is 5.32 Å². The van der Waals surface area contributed by atoms with E-state index in [1.54, 1.807) is 0 Å². The first-order valence-corrected chi connectivity index (χ1v) is 6.32. The number of hydrogen-bond donors (Lipinski definition) is 1. The highest BCUT2D eigenvalue weighted by Crippen LogP contribution is 2.23. The van der Waals surface area contributed by atoms with Crippen LogP contribution in [0.3, 0.4) is 0 Å². The zero-order valence-corrected chi connectivity index (χ0v) is 11.3. The lowest BCUT2D eigenvalue weighted by atomic mass is 10.0. The molecule has 0 heterocycles. The van der Waals surface area contributed by atoms with Crippen molar-refractivity contribution >= 4 is 11.6 Å². The van der Waals surface area contributed by atoms with E-state index in [2.05, 4.69) is 5.32 Å². The van der Waals surface area contributed by atoms with Crippen LogP contribution in [-0.4, -0.2) is 17.4 Å². The highest BCUT2D eigenvalue weighted by atomic mass is 19.1. The lowest BCUT2D eigenvalue weighted by Gasteiger charge is -2.13. The van der Waals surface area contributed by atoms with Crippen LogP contribution in [0.4, 0.5) is 14.5 Å². The minimum atomic E-state index is -1.45. The topological polar surface area (TPSA) is 72.2 Å². The Morgan fingerprint density at radius 1 is 1.35 bits per heavy atom. The summed E-state index contributed by atoms with van der Waals surface area (Å²) in [6, 6.07) is 1.41. The summed E-state index contributed by atoms with van der Waals surface area (Å²) in [6.45, 7) is 4.15. The fourth-order valence-electron chi connectivity index (χ4n) is 1.79. The van der Waals surface area contributed by atoms with E-state index in [0.717, 1.165) is 12.8 Å². The number of rotatable bonds is 6. The van der Waals surface area contributed by atoms with Crippen LogP contribution in [0.25, 0.3) is 0 Å². The largest absolute Gasteiger partial charge is 0.352 e. The Hall–Kier alpha value is -2.05. The van der Waals surface area contributed by atoms with E-state index in [4.69, 9.17) is 0 Å². The number of halogens is 2. The van der Waals surface area contributed by atoms with Crippen molar-refractivity contribution in [2.75, 3.05) is 6.54 Å². The van der Waals surface area contributed by atoms with Gasteiger partial charge in [0, 0.05) is 12.6 Å². The molecule has 5 nitrogen and oxygen atoms in total. The number of amides is 1. The smallest absolute Gasteiger partial charge is 0.305 e. The second kappa shape index (κ2) is 6.93. The van der Waals surface area contributed by atoms with Crippen molar-refractivity contribution in [2.24, 2.45) is 5.92 Å². The molecule has 20 heavy (non-hydrogen) atoms. The summed E-state index contributed by atoms with van der Waals surface area (Å²) in [5.74, 6) is -3.34. The van der Waals surface area contributed by atoms with Crippen molar-refractivity contribution in [1.82, 2.24) is 5.32 Å². The molecule has 0 spiro atoms. The monoisotopic (exact) mass is 286 g/mol.